The van der Waals surface area contributed by atoms with Gasteiger partial charge in [0.25, 0.3) is 0 Å². The molecule has 0 fully saturated rings. The van der Waals surface area contributed by atoms with E-state index in [-0.39, 0.29) is 31.8 Å². The number of carbonyl (C=O) groups excluding carboxylic acids is 1. The molecule has 0 aliphatic carbocycles. The Bertz CT molecular complexity index is 1490. The van der Waals surface area contributed by atoms with E-state index in [1.165, 1.54) is 32.0 Å². The predicted octanol–water partition coefficient (Wildman–Crippen LogP) is 9.29. The molecule has 0 bridgehead atoms. The molecule has 4 rings (SSSR count). The third-order valence-electron chi connectivity index (χ3n) is 7.06. The molecule has 0 aliphatic heterocycles. The summed E-state index contributed by atoms with van der Waals surface area (Å²) in [5, 5.41) is 13.1. The monoisotopic (exact) mass is 755 g/mol. The zero-order valence-corrected chi connectivity index (χ0v) is 29.0. The summed E-state index contributed by atoms with van der Waals surface area (Å²) in [5.41, 5.74) is 5.02. The largest absolute Gasteiger partial charge is 0.512 e. The van der Waals surface area contributed by atoms with Crippen LogP contribution in [0.15, 0.2) is 54.4 Å². The van der Waals surface area contributed by atoms with Crippen LogP contribution in [0, 0.1) is 18.9 Å². The molecule has 0 unspecified atom stereocenters. The van der Waals surface area contributed by atoms with Crippen LogP contribution in [0.5, 0.6) is 0 Å². The van der Waals surface area contributed by atoms with E-state index < -0.39 is 20.5 Å². The zero-order chi connectivity index (χ0) is 28.9. The number of aromatic nitrogens is 1. The van der Waals surface area contributed by atoms with Gasteiger partial charge in [0.2, 0.25) is 0 Å². The van der Waals surface area contributed by atoms with E-state index in [1.54, 1.807) is 4.50 Å². The maximum absolute atomic E-state index is 11.7. The summed E-state index contributed by atoms with van der Waals surface area (Å²) in [7, 11) is -1.38. The minimum Gasteiger partial charge on any atom is -0.512 e. The predicted molar refractivity (Wildman–Crippen MR) is 169 cm³/mol. The van der Waals surface area contributed by atoms with Crippen molar-refractivity contribution in [3.8, 4) is 11.3 Å². The number of fused-ring (bicyclic) bond motifs is 2. The summed E-state index contributed by atoms with van der Waals surface area (Å²) in [5.74, 6) is -0.215. The number of nitrogens with zero attached hydrogens (tertiary/aromatic N) is 1. The molecule has 0 amide bonds. The van der Waals surface area contributed by atoms with Gasteiger partial charge in [0.15, 0.2) is 12.5 Å². The Morgan fingerprint density at radius 3 is 2.35 bits per heavy atom. The van der Waals surface area contributed by atoms with E-state index >= 15 is 0 Å². The van der Waals surface area contributed by atoms with Crippen molar-refractivity contribution in [3.05, 3.63) is 71.6 Å². The quantitative estimate of drug-likeness (QED) is 0.0845. The summed E-state index contributed by atoms with van der Waals surface area (Å²) in [4.78, 5) is 15.4. The Labute approximate surface area is 257 Å². The van der Waals surface area contributed by atoms with Crippen LogP contribution in [0.25, 0.3) is 32.1 Å². The van der Waals surface area contributed by atoms with Crippen LogP contribution in [-0.2, 0) is 24.9 Å². The smallest absolute Gasteiger partial charge is 0.189 e. The van der Waals surface area contributed by atoms with Crippen molar-refractivity contribution in [2.24, 2.45) is 5.92 Å². The first-order chi connectivity index (χ1) is 18.4. The van der Waals surface area contributed by atoms with Gasteiger partial charge in [-0.15, -0.1) is 29.1 Å². The Morgan fingerprint density at radius 1 is 1.12 bits per heavy atom. The second-order valence-electron chi connectivity index (χ2n) is 11.4. The summed E-state index contributed by atoms with van der Waals surface area (Å²) in [6.45, 7) is 16.9. The van der Waals surface area contributed by atoms with Gasteiger partial charge in [0.05, 0.1) is 13.8 Å². The number of allylic oxidation sites excluding steroid dienone is 2. The van der Waals surface area contributed by atoms with Gasteiger partial charge in [-0.3, -0.25) is 9.78 Å². The van der Waals surface area contributed by atoms with Gasteiger partial charge in [-0.1, -0.05) is 76.5 Å². The third-order valence-corrected chi connectivity index (χ3v) is 12.1. The second-order valence-corrected chi connectivity index (χ2v) is 17.7. The average molecular weight is 755 g/mol. The fraction of sp³-hybridized carbons (Fsp3) is 0.394. The number of halogens is 1. The van der Waals surface area contributed by atoms with Crippen molar-refractivity contribution in [1.29, 1.82) is 0 Å². The summed E-state index contributed by atoms with van der Waals surface area (Å²) >= 11 is 1.95. The number of carbonyl (C=O) groups is 1. The number of aliphatic hydroxyl groups excluding tert-OH is 1. The molecule has 2 aromatic heterocycles. The number of ketones is 1. The molecule has 1 radical (unpaired) electrons. The zero-order valence-electron chi connectivity index (χ0n) is 24.8. The number of hydrogen-bond acceptors (Lipinski definition) is 4. The van der Waals surface area contributed by atoms with E-state index in [0.29, 0.717) is 5.92 Å². The topological polar surface area (TPSA) is 50.2 Å². The Balaban J connectivity index is 0.000000369. The first-order valence-corrected chi connectivity index (χ1v) is 18.1. The molecule has 0 spiro atoms. The molecule has 3 nitrogen and oxygen atoms in total. The Kier molecular flexibility index (Phi) is 12.4. The van der Waals surface area contributed by atoms with Gasteiger partial charge < -0.3 is 5.11 Å². The minimum atomic E-state index is -1.38. The van der Waals surface area contributed by atoms with E-state index in [0.717, 1.165) is 30.2 Å². The number of aryl methyl sites for hydroxylation is 1. The number of benzene rings is 2. The van der Waals surface area contributed by atoms with Gasteiger partial charge in [-0.05, 0) is 47.2 Å². The van der Waals surface area contributed by atoms with E-state index in [2.05, 4.69) is 82.9 Å². The molecule has 1 N–H and O–H groups in total. The Hall–Kier alpha value is -2.18. The van der Waals surface area contributed by atoms with Crippen LogP contribution in [-0.4, -0.2) is 30.6 Å². The van der Waals surface area contributed by atoms with Gasteiger partial charge in [-0.2, -0.15) is 11.3 Å². The summed E-state index contributed by atoms with van der Waals surface area (Å²) in [6, 6.07) is 16.7. The molecule has 4 aromatic rings. The SMILES string of the molecule is CCC(CC)/C(O)=C/C(=O)CF.Cc1c([Si](C)(C)C)sc2c(-c3[c-]c4ccccc4c(C(C)C)c3)nccc12.[Ir]. The van der Waals surface area contributed by atoms with Gasteiger partial charge in [-0.25, -0.2) is 4.39 Å². The van der Waals surface area contributed by atoms with E-state index in [9.17, 15) is 14.3 Å². The van der Waals surface area contributed by atoms with Crippen molar-refractivity contribution >= 4 is 50.6 Å². The number of alkyl halides is 1. The van der Waals surface area contributed by atoms with E-state index in [4.69, 9.17) is 4.98 Å². The maximum Gasteiger partial charge on any atom is 0.189 e. The summed E-state index contributed by atoms with van der Waals surface area (Å²) in [6.07, 6.45) is 4.47. The molecule has 40 heavy (non-hydrogen) atoms. The van der Waals surface area contributed by atoms with Gasteiger partial charge in [0, 0.05) is 48.7 Å². The van der Waals surface area contributed by atoms with E-state index in [1.807, 2.05) is 31.4 Å². The van der Waals surface area contributed by atoms with Crippen LogP contribution in [0.1, 0.15) is 57.6 Å². The molecule has 217 valence electrons. The normalized spacial score (nSPS) is 12.0. The van der Waals surface area contributed by atoms with Crippen molar-refractivity contribution in [2.45, 2.75) is 73.0 Å². The van der Waals surface area contributed by atoms with Crippen molar-refractivity contribution < 1.29 is 34.4 Å². The van der Waals surface area contributed by atoms with Crippen LogP contribution in [0.3, 0.4) is 0 Å². The second kappa shape index (κ2) is 14.6. The van der Waals surface area contributed by atoms with Crippen LogP contribution in [0.4, 0.5) is 4.39 Å². The molecule has 2 aromatic carbocycles. The molecule has 0 atom stereocenters. The number of hydrogen-bond donors (Lipinski definition) is 1. The standard InChI is InChI=1S/C24H26NSSi.C9H15FO2.Ir/c1-15(2)21-14-18(13-17-9-7-8-10-20(17)21)22-23-19(11-12-25-22)16(3)24(26-23)27(4,5)6;1-3-7(4-2)9(12)5-8(11)6-10;/h7-12,14-15H,1-6H3;5,7,12H,3-4,6H2,1-2H3;/q-1;;/b;9-5-;. The fourth-order valence-corrected chi connectivity index (χ4v) is 8.80. The Morgan fingerprint density at radius 2 is 1.77 bits per heavy atom. The van der Waals surface area contributed by atoms with Crippen LogP contribution in [0.2, 0.25) is 19.6 Å². The van der Waals surface area contributed by atoms with Crippen molar-refractivity contribution in [2.75, 3.05) is 6.67 Å². The molecule has 0 saturated heterocycles. The molecular formula is C33H41FIrNO2SSi-. The fourth-order valence-electron chi connectivity index (χ4n) is 4.95. The number of rotatable bonds is 8. The minimum absolute atomic E-state index is 0. The van der Waals surface area contributed by atoms with Crippen molar-refractivity contribution in [1.82, 2.24) is 4.98 Å². The molecule has 7 heteroatoms. The maximum atomic E-state index is 11.7. The molecule has 2 heterocycles. The van der Waals surface area contributed by atoms with Crippen LogP contribution >= 0.6 is 11.3 Å². The van der Waals surface area contributed by atoms with Crippen molar-refractivity contribution in [3.63, 3.8) is 0 Å². The molecular weight excluding hydrogens is 714 g/mol. The molecule has 0 saturated carbocycles. The van der Waals surface area contributed by atoms with Gasteiger partial charge >= 0.3 is 0 Å². The molecule has 0 aliphatic rings. The number of pyridine rings is 1. The van der Waals surface area contributed by atoms with Crippen LogP contribution < -0.4 is 4.50 Å². The first kappa shape index (κ1) is 34.0. The average Bonchev–Trinajstić information content (AvgIpc) is 3.26. The van der Waals surface area contributed by atoms with Gasteiger partial charge in [0.1, 0.15) is 0 Å². The number of aliphatic hydroxyl groups is 1. The summed E-state index contributed by atoms with van der Waals surface area (Å²) < 4.78 is 14.6. The number of thiophene rings is 1. The third kappa shape index (κ3) is 7.76. The first-order valence-electron chi connectivity index (χ1n) is 13.8.